The topological polar surface area (TPSA) is 32.6 Å². The van der Waals surface area contributed by atoms with E-state index in [2.05, 4.69) is 25.0 Å². The maximum Gasteiger partial charge on any atom is 0.0298 e. The number of allylic oxidation sites excluding steroid dienone is 2. The van der Waals surface area contributed by atoms with Gasteiger partial charge in [0.05, 0.1) is 0 Å². The maximum absolute atomic E-state index is 7.08. The molecule has 0 aliphatic heterocycles. The van der Waals surface area contributed by atoms with Gasteiger partial charge in [0.25, 0.3) is 0 Å². The van der Waals surface area contributed by atoms with E-state index in [0.717, 1.165) is 0 Å². The summed E-state index contributed by atoms with van der Waals surface area (Å²) >= 11 is 0. The fraction of sp³-hybridized carbons (Fsp3) is 0. The Bertz CT molecular complexity index is 53.1. The van der Waals surface area contributed by atoms with Crippen molar-refractivity contribution in [2.45, 2.75) is 0 Å². The Morgan fingerprint density at radius 3 is 1.43 bits per heavy atom. The van der Waals surface area contributed by atoms with E-state index in [0.29, 0.717) is 0 Å². The van der Waals surface area contributed by atoms with Crippen LogP contribution < -0.4 is 0 Å². The molecular weight excluding hydrogens is 90.1 g/mol. The average molecular weight is 99.1 g/mol. The van der Waals surface area contributed by atoms with Crippen LogP contribution in [0.3, 0.4) is 0 Å². The van der Waals surface area contributed by atoms with Gasteiger partial charge in [-0.1, -0.05) is 25.3 Å². The highest BCUT2D eigenvalue weighted by Gasteiger charge is 1.29. The van der Waals surface area contributed by atoms with Gasteiger partial charge in [-0.05, 0) is 0 Å². The number of nitrogens with zero attached hydrogens (tertiary/aromatic N) is 1. The normalized spacial score (nSPS) is 4.57. The predicted octanol–water partition coefficient (Wildman–Crippen LogP) is 1.43. The Hall–Kier alpha value is -1.05. The molecule has 0 rings (SSSR count). The van der Waals surface area contributed by atoms with Crippen molar-refractivity contribution in [3.63, 3.8) is 0 Å². The van der Waals surface area contributed by atoms with Crippen molar-refractivity contribution in [1.29, 1.82) is 0 Å². The van der Waals surface area contributed by atoms with E-state index in [1.165, 1.54) is 0 Å². The zero-order chi connectivity index (χ0) is 6.12. The molecule has 0 atom stereocenters. The van der Waals surface area contributed by atoms with E-state index in [-0.39, 0.29) is 0 Å². The predicted molar refractivity (Wildman–Crippen MR) is 31.7 cm³/mol. The van der Waals surface area contributed by atoms with Crippen molar-refractivity contribution in [3.05, 3.63) is 25.3 Å². The van der Waals surface area contributed by atoms with Gasteiger partial charge in [-0.15, -0.1) is 5.16 Å². The standard InChI is InChI=1S/C4H6.CH3NO/c1-3-4-2;1-2-3/h3-4H,1-2H2;3H,1H2. The molecular formula is C5H9NO. The third kappa shape index (κ3) is 17200. The maximum atomic E-state index is 7.08. The number of hydrogen-bond acceptors (Lipinski definition) is 2. The lowest BCUT2D eigenvalue weighted by atomic mass is 10.6. The van der Waals surface area contributed by atoms with Crippen molar-refractivity contribution < 1.29 is 5.21 Å². The van der Waals surface area contributed by atoms with Gasteiger partial charge in [0.2, 0.25) is 0 Å². The first-order chi connectivity index (χ1) is 3.33. The molecule has 0 aromatic rings. The average Bonchev–Trinajstić information content (AvgIpc) is 1.69. The SMILES string of the molecule is C=CC=C.C=NO. The minimum atomic E-state index is 1.64. The second-order valence-electron chi connectivity index (χ2n) is 0.613. The van der Waals surface area contributed by atoms with E-state index in [4.69, 9.17) is 5.21 Å². The first-order valence-electron chi connectivity index (χ1n) is 1.67. The largest absolute Gasteiger partial charge is 0.411 e. The van der Waals surface area contributed by atoms with Gasteiger partial charge in [-0.3, -0.25) is 0 Å². The van der Waals surface area contributed by atoms with Crippen molar-refractivity contribution in [3.8, 4) is 0 Å². The van der Waals surface area contributed by atoms with Crippen molar-refractivity contribution in [1.82, 2.24) is 0 Å². The summed E-state index contributed by atoms with van der Waals surface area (Å²) in [7, 11) is 0. The van der Waals surface area contributed by atoms with Crippen molar-refractivity contribution in [2.24, 2.45) is 5.16 Å². The second kappa shape index (κ2) is 20.3. The van der Waals surface area contributed by atoms with Crippen molar-refractivity contribution in [2.75, 3.05) is 0 Å². The van der Waals surface area contributed by atoms with Gasteiger partial charge >= 0.3 is 0 Å². The Morgan fingerprint density at radius 2 is 1.43 bits per heavy atom. The minimum absolute atomic E-state index is 1.64. The Labute approximate surface area is 43.5 Å². The molecule has 0 aliphatic rings. The third-order valence-electron chi connectivity index (χ3n) is 0.167. The van der Waals surface area contributed by atoms with Crippen LogP contribution >= 0.6 is 0 Å². The molecule has 0 amide bonds. The summed E-state index contributed by atoms with van der Waals surface area (Å²) < 4.78 is 0. The molecule has 0 saturated carbocycles. The molecule has 1 N–H and O–H groups in total. The summed E-state index contributed by atoms with van der Waals surface area (Å²) in [4.78, 5) is 0. The van der Waals surface area contributed by atoms with Gasteiger partial charge < -0.3 is 5.21 Å². The Morgan fingerprint density at radius 1 is 1.29 bits per heavy atom. The molecule has 0 spiro atoms. The summed E-state index contributed by atoms with van der Waals surface area (Å²) in [5.41, 5.74) is 0. The highest BCUT2D eigenvalue weighted by Crippen LogP contribution is 1.52. The zero-order valence-corrected chi connectivity index (χ0v) is 4.17. The summed E-state index contributed by atoms with van der Waals surface area (Å²) in [6.07, 6.45) is 3.28. The molecule has 0 aromatic carbocycles. The highest BCUT2D eigenvalue weighted by atomic mass is 16.4. The second-order valence-corrected chi connectivity index (χ2v) is 0.613. The molecule has 0 saturated heterocycles. The van der Waals surface area contributed by atoms with Crippen LogP contribution in [0, 0.1) is 0 Å². The molecule has 0 radical (unpaired) electrons. The molecule has 7 heavy (non-hydrogen) atoms. The van der Waals surface area contributed by atoms with Crippen LogP contribution in [0.4, 0.5) is 0 Å². The molecule has 0 fully saturated rings. The van der Waals surface area contributed by atoms with Crippen LogP contribution in [0.2, 0.25) is 0 Å². The van der Waals surface area contributed by atoms with Crippen LogP contribution in [0.15, 0.2) is 30.5 Å². The lowest BCUT2D eigenvalue weighted by molar-refractivity contribution is 0.323. The molecule has 0 heterocycles. The number of oxime groups is 1. The highest BCUT2D eigenvalue weighted by molar-refractivity contribution is 5.20. The van der Waals surface area contributed by atoms with Gasteiger partial charge in [0, 0.05) is 6.72 Å². The Balaban J connectivity index is 0. The number of rotatable bonds is 1. The van der Waals surface area contributed by atoms with E-state index in [9.17, 15) is 0 Å². The van der Waals surface area contributed by atoms with Crippen LogP contribution in [-0.2, 0) is 0 Å². The lowest BCUT2D eigenvalue weighted by Gasteiger charge is -1.44. The molecule has 0 aliphatic carbocycles. The molecule has 0 aromatic heterocycles. The van der Waals surface area contributed by atoms with Gasteiger partial charge in [0.1, 0.15) is 0 Å². The first kappa shape index (κ1) is 9.34. The van der Waals surface area contributed by atoms with Gasteiger partial charge in [0.15, 0.2) is 0 Å². The van der Waals surface area contributed by atoms with Crippen molar-refractivity contribution >= 4 is 6.72 Å². The fourth-order valence-electron chi connectivity index (χ4n) is 0. The molecule has 2 heteroatoms. The monoisotopic (exact) mass is 99.1 g/mol. The van der Waals surface area contributed by atoms with Crippen LogP contribution in [0.25, 0.3) is 0 Å². The summed E-state index contributed by atoms with van der Waals surface area (Å²) in [5, 5.41) is 9.33. The summed E-state index contributed by atoms with van der Waals surface area (Å²) in [5.74, 6) is 0. The minimum Gasteiger partial charge on any atom is -0.411 e. The van der Waals surface area contributed by atoms with E-state index in [1.807, 2.05) is 0 Å². The third-order valence-corrected chi connectivity index (χ3v) is 0.167. The van der Waals surface area contributed by atoms with Gasteiger partial charge in [-0.2, -0.15) is 0 Å². The van der Waals surface area contributed by atoms with Crippen LogP contribution in [-0.4, -0.2) is 11.9 Å². The van der Waals surface area contributed by atoms with E-state index in [1.54, 1.807) is 12.2 Å². The fourth-order valence-corrected chi connectivity index (χ4v) is 0. The first-order valence-corrected chi connectivity index (χ1v) is 1.67. The van der Waals surface area contributed by atoms with E-state index >= 15 is 0 Å². The molecule has 0 bridgehead atoms. The molecule has 0 unspecified atom stereocenters. The Kier molecular flexibility index (Phi) is 27.1. The van der Waals surface area contributed by atoms with Crippen LogP contribution in [0.1, 0.15) is 0 Å². The molecule has 2 nitrogen and oxygen atoms in total. The van der Waals surface area contributed by atoms with Gasteiger partial charge in [-0.25, -0.2) is 0 Å². The van der Waals surface area contributed by atoms with E-state index < -0.39 is 0 Å². The quantitative estimate of drug-likeness (QED) is 0.229. The lowest BCUT2D eigenvalue weighted by Crippen LogP contribution is -1.30. The summed E-state index contributed by atoms with van der Waals surface area (Å²) in [6.45, 7) is 9.39. The number of hydrogen-bond donors (Lipinski definition) is 1. The van der Waals surface area contributed by atoms with Crippen LogP contribution in [0.5, 0.6) is 0 Å². The smallest absolute Gasteiger partial charge is 0.0298 e. The zero-order valence-electron chi connectivity index (χ0n) is 4.17. The summed E-state index contributed by atoms with van der Waals surface area (Å²) in [6, 6.07) is 0. The molecule has 40 valence electrons.